The zero-order chi connectivity index (χ0) is 18.0. The van der Waals surface area contributed by atoms with E-state index in [2.05, 4.69) is 9.05 Å². The molecule has 2 aromatic carbocycles. The third kappa shape index (κ3) is 7.77. The summed E-state index contributed by atoms with van der Waals surface area (Å²) in [7, 11) is -1.00. The predicted molar refractivity (Wildman–Crippen MR) is 97.3 cm³/mol. The number of rotatable bonds is 6. The summed E-state index contributed by atoms with van der Waals surface area (Å²) in [6.07, 6.45) is -0.287. The Hall–Kier alpha value is -0.910. The number of hydrogen-bond acceptors (Lipinski definition) is 5. The molecule has 2 rings (SSSR count). The van der Waals surface area contributed by atoms with E-state index < -0.39 is 14.1 Å². The van der Waals surface area contributed by atoms with Gasteiger partial charge < -0.3 is 5.73 Å². The molecule has 132 valence electrons. The van der Waals surface area contributed by atoms with Crippen molar-refractivity contribution in [3.8, 4) is 0 Å². The molecule has 0 radical (unpaired) electrons. The zero-order valence-electron chi connectivity index (χ0n) is 13.4. The number of halogens is 2. The van der Waals surface area contributed by atoms with Crippen LogP contribution in [0.4, 0.5) is 0 Å². The standard InChI is InChI=1S/C10H16NO4P.C6H4Cl2/c1-13-16(12,14-2)15-10(11)8-9-6-4-3-5-7-9;7-5-3-1-2-4-6(5)8/h3-7,10H,8,11H2,1-2H3;1-4H. The lowest BCUT2D eigenvalue weighted by atomic mass is 10.1. The van der Waals surface area contributed by atoms with E-state index in [4.69, 9.17) is 33.5 Å². The number of phosphoric ester groups is 1. The van der Waals surface area contributed by atoms with E-state index in [1.54, 1.807) is 12.1 Å². The van der Waals surface area contributed by atoms with Crippen LogP contribution in [0.5, 0.6) is 0 Å². The fraction of sp³-hybridized carbons (Fsp3) is 0.250. The van der Waals surface area contributed by atoms with Crippen molar-refractivity contribution >= 4 is 31.0 Å². The van der Waals surface area contributed by atoms with Crippen LogP contribution in [0.3, 0.4) is 0 Å². The van der Waals surface area contributed by atoms with Crippen molar-refractivity contribution in [3.05, 3.63) is 70.2 Å². The van der Waals surface area contributed by atoms with Gasteiger partial charge in [-0.15, -0.1) is 0 Å². The lowest BCUT2D eigenvalue weighted by molar-refractivity contribution is 0.108. The molecule has 2 aromatic rings. The summed E-state index contributed by atoms with van der Waals surface area (Å²) in [4.78, 5) is 0. The second-order valence-corrected chi connectivity index (χ2v) is 7.21. The summed E-state index contributed by atoms with van der Waals surface area (Å²) >= 11 is 11.2. The molecular weight excluding hydrogens is 372 g/mol. The van der Waals surface area contributed by atoms with E-state index in [-0.39, 0.29) is 0 Å². The Morgan fingerprint density at radius 2 is 1.42 bits per heavy atom. The minimum Gasteiger partial charge on any atom is -0.305 e. The Bertz CT molecular complexity index is 629. The van der Waals surface area contributed by atoms with Gasteiger partial charge in [-0.3, -0.25) is 13.6 Å². The maximum atomic E-state index is 11.6. The quantitative estimate of drug-likeness (QED) is 0.558. The third-order valence-corrected chi connectivity index (χ3v) is 5.00. The van der Waals surface area contributed by atoms with Crippen LogP contribution in [0, 0.1) is 0 Å². The second-order valence-electron chi connectivity index (χ2n) is 4.56. The molecule has 0 aliphatic heterocycles. The van der Waals surface area contributed by atoms with Crippen molar-refractivity contribution in [3.63, 3.8) is 0 Å². The Labute approximate surface area is 152 Å². The van der Waals surface area contributed by atoms with Gasteiger partial charge in [-0.05, 0) is 17.7 Å². The van der Waals surface area contributed by atoms with Crippen molar-refractivity contribution in [2.75, 3.05) is 14.2 Å². The van der Waals surface area contributed by atoms with Crippen molar-refractivity contribution in [2.24, 2.45) is 5.73 Å². The molecule has 0 aromatic heterocycles. The van der Waals surface area contributed by atoms with Crippen molar-refractivity contribution in [2.45, 2.75) is 12.6 Å². The Kier molecular flexibility index (Phi) is 9.56. The highest BCUT2D eigenvalue weighted by Crippen LogP contribution is 2.48. The van der Waals surface area contributed by atoms with Crippen LogP contribution < -0.4 is 5.73 Å². The number of benzene rings is 2. The normalized spacial score (nSPS) is 12.2. The minimum atomic E-state index is -3.50. The molecular formula is C16H20Cl2NO4P. The second kappa shape index (κ2) is 10.9. The molecule has 0 fully saturated rings. The molecule has 0 saturated carbocycles. The molecule has 0 aliphatic carbocycles. The molecule has 0 heterocycles. The van der Waals surface area contributed by atoms with Crippen molar-refractivity contribution in [1.29, 1.82) is 0 Å². The van der Waals surface area contributed by atoms with Gasteiger partial charge in [0.25, 0.3) is 0 Å². The summed E-state index contributed by atoms with van der Waals surface area (Å²) in [5, 5.41) is 1.21. The monoisotopic (exact) mass is 391 g/mol. The molecule has 24 heavy (non-hydrogen) atoms. The first-order valence-corrected chi connectivity index (χ1v) is 9.21. The molecule has 1 atom stereocenters. The smallest absolute Gasteiger partial charge is 0.305 e. The lowest BCUT2D eigenvalue weighted by Crippen LogP contribution is -2.25. The van der Waals surface area contributed by atoms with Gasteiger partial charge in [-0.25, -0.2) is 4.57 Å². The topological polar surface area (TPSA) is 70.8 Å². The highest BCUT2D eigenvalue weighted by atomic mass is 35.5. The van der Waals surface area contributed by atoms with Crippen LogP contribution in [0.25, 0.3) is 0 Å². The first-order chi connectivity index (χ1) is 11.4. The van der Waals surface area contributed by atoms with Crippen LogP contribution in [-0.2, 0) is 24.6 Å². The molecule has 0 bridgehead atoms. The Morgan fingerprint density at radius 3 is 1.83 bits per heavy atom. The van der Waals surface area contributed by atoms with Crippen LogP contribution >= 0.6 is 31.0 Å². The van der Waals surface area contributed by atoms with E-state index >= 15 is 0 Å². The Morgan fingerprint density at radius 1 is 0.958 bits per heavy atom. The van der Waals surface area contributed by atoms with E-state index in [9.17, 15) is 4.57 Å². The van der Waals surface area contributed by atoms with Gasteiger partial charge in [0.1, 0.15) is 6.23 Å². The first kappa shape index (κ1) is 21.1. The van der Waals surface area contributed by atoms with Gasteiger partial charge in [0.15, 0.2) is 0 Å². The van der Waals surface area contributed by atoms with Gasteiger partial charge >= 0.3 is 7.82 Å². The van der Waals surface area contributed by atoms with Gasteiger partial charge in [0.05, 0.1) is 10.0 Å². The van der Waals surface area contributed by atoms with Crippen LogP contribution in [0.2, 0.25) is 10.0 Å². The first-order valence-electron chi connectivity index (χ1n) is 6.99. The summed E-state index contributed by atoms with van der Waals surface area (Å²) < 4.78 is 25.9. The fourth-order valence-electron chi connectivity index (χ4n) is 1.65. The van der Waals surface area contributed by atoms with Gasteiger partial charge in [0, 0.05) is 20.6 Å². The number of phosphoric acid groups is 1. The highest BCUT2D eigenvalue weighted by molar-refractivity contribution is 7.48. The van der Waals surface area contributed by atoms with E-state index in [0.29, 0.717) is 16.5 Å². The van der Waals surface area contributed by atoms with E-state index in [1.165, 1.54) is 14.2 Å². The molecule has 0 aliphatic rings. The van der Waals surface area contributed by atoms with E-state index in [0.717, 1.165) is 5.56 Å². The van der Waals surface area contributed by atoms with Crippen molar-refractivity contribution < 1.29 is 18.1 Å². The third-order valence-electron chi connectivity index (χ3n) is 2.82. The zero-order valence-corrected chi connectivity index (χ0v) is 15.8. The average Bonchev–Trinajstić information content (AvgIpc) is 2.59. The maximum Gasteiger partial charge on any atom is 0.475 e. The largest absolute Gasteiger partial charge is 0.475 e. The maximum absolute atomic E-state index is 11.6. The molecule has 8 heteroatoms. The predicted octanol–water partition coefficient (Wildman–Crippen LogP) is 4.92. The highest BCUT2D eigenvalue weighted by Gasteiger charge is 2.26. The average molecular weight is 392 g/mol. The lowest BCUT2D eigenvalue weighted by Gasteiger charge is -2.18. The molecule has 0 saturated heterocycles. The van der Waals surface area contributed by atoms with Gasteiger partial charge in [-0.2, -0.15) is 0 Å². The molecule has 0 amide bonds. The molecule has 0 spiro atoms. The Balaban J connectivity index is 0.000000300. The summed E-state index contributed by atoms with van der Waals surface area (Å²) in [6.45, 7) is 0. The van der Waals surface area contributed by atoms with Gasteiger partial charge in [0.2, 0.25) is 0 Å². The SMILES string of the molecule is COP(=O)(OC)OC(N)Cc1ccccc1.Clc1ccccc1Cl. The molecule has 2 N–H and O–H groups in total. The molecule has 1 unspecified atom stereocenters. The molecule has 5 nitrogen and oxygen atoms in total. The fourth-order valence-corrected chi connectivity index (χ4v) is 2.65. The minimum absolute atomic E-state index is 0.442. The van der Waals surface area contributed by atoms with Crippen LogP contribution in [0.1, 0.15) is 5.56 Å². The summed E-state index contributed by atoms with van der Waals surface area (Å²) in [6, 6.07) is 16.7. The number of hydrogen-bond donors (Lipinski definition) is 1. The number of nitrogens with two attached hydrogens (primary N) is 1. The van der Waals surface area contributed by atoms with Crippen molar-refractivity contribution in [1.82, 2.24) is 0 Å². The summed E-state index contributed by atoms with van der Waals surface area (Å²) in [5.74, 6) is 0. The van der Waals surface area contributed by atoms with Crippen LogP contribution in [-0.4, -0.2) is 20.4 Å². The van der Waals surface area contributed by atoms with Gasteiger partial charge in [-0.1, -0.05) is 65.7 Å². The summed E-state index contributed by atoms with van der Waals surface area (Å²) in [5.41, 5.74) is 6.68. The van der Waals surface area contributed by atoms with Crippen LogP contribution in [0.15, 0.2) is 54.6 Å². The van der Waals surface area contributed by atoms with E-state index in [1.807, 2.05) is 42.5 Å².